The molecule has 1 aromatic carbocycles. The first-order valence-corrected chi connectivity index (χ1v) is 8.12. The predicted molar refractivity (Wildman–Crippen MR) is 90.3 cm³/mol. The fourth-order valence-electron chi connectivity index (χ4n) is 3.39. The Morgan fingerprint density at radius 1 is 1.09 bits per heavy atom. The molecule has 0 atom stereocenters. The molecule has 1 saturated heterocycles. The van der Waals surface area contributed by atoms with Gasteiger partial charge in [0.1, 0.15) is 5.82 Å². The molecule has 0 bridgehead atoms. The van der Waals surface area contributed by atoms with Gasteiger partial charge in [-0.15, -0.1) is 0 Å². The van der Waals surface area contributed by atoms with E-state index in [1.807, 2.05) is 24.3 Å². The highest BCUT2D eigenvalue weighted by Gasteiger charge is 2.20. The molecule has 0 unspecified atom stereocenters. The van der Waals surface area contributed by atoms with Gasteiger partial charge in [0.2, 0.25) is 0 Å². The quantitative estimate of drug-likeness (QED) is 0.809. The van der Waals surface area contributed by atoms with Crippen molar-refractivity contribution in [1.29, 1.82) is 0 Å². The van der Waals surface area contributed by atoms with Crippen molar-refractivity contribution in [2.45, 2.75) is 25.4 Å². The van der Waals surface area contributed by atoms with E-state index in [0.717, 1.165) is 37.3 Å². The predicted octanol–water partition coefficient (Wildman–Crippen LogP) is 2.56. The molecule has 4 rings (SSSR count). The number of likely N-dealkylation sites (tertiary alicyclic amines) is 1. The Bertz CT molecular complexity index is 845. The average molecular weight is 308 g/mol. The van der Waals surface area contributed by atoms with E-state index >= 15 is 0 Å². The second-order valence-corrected chi connectivity index (χ2v) is 6.17. The van der Waals surface area contributed by atoms with Crippen molar-refractivity contribution in [1.82, 2.24) is 19.4 Å². The Hall–Kier alpha value is -2.40. The number of hydrogen-bond donors (Lipinski definition) is 1. The van der Waals surface area contributed by atoms with Gasteiger partial charge in [-0.25, -0.2) is 4.98 Å². The molecule has 1 N–H and O–H groups in total. The van der Waals surface area contributed by atoms with E-state index in [9.17, 15) is 4.79 Å². The molecule has 0 radical (unpaired) electrons. The maximum atomic E-state index is 12.1. The van der Waals surface area contributed by atoms with Crippen molar-refractivity contribution in [2.75, 3.05) is 13.1 Å². The smallest absolute Gasteiger partial charge is 0.258 e. The number of piperidine rings is 1. The van der Waals surface area contributed by atoms with Gasteiger partial charge in [-0.3, -0.25) is 9.69 Å². The Morgan fingerprint density at radius 2 is 1.83 bits per heavy atom. The van der Waals surface area contributed by atoms with Crippen molar-refractivity contribution in [3.05, 3.63) is 65.0 Å². The number of aromatic nitrogens is 3. The molecule has 3 aromatic rings. The van der Waals surface area contributed by atoms with Gasteiger partial charge in [0, 0.05) is 31.5 Å². The summed E-state index contributed by atoms with van der Waals surface area (Å²) in [7, 11) is 0. The number of benzene rings is 1. The van der Waals surface area contributed by atoms with Crippen molar-refractivity contribution >= 4 is 10.9 Å². The fourth-order valence-corrected chi connectivity index (χ4v) is 3.39. The number of H-pyrrole nitrogens is 1. The van der Waals surface area contributed by atoms with Crippen LogP contribution >= 0.6 is 0 Å². The molecule has 1 aliphatic heterocycles. The van der Waals surface area contributed by atoms with Crippen LogP contribution in [0.4, 0.5) is 0 Å². The molecule has 3 heterocycles. The largest absolute Gasteiger partial charge is 0.351 e. The van der Waals surface area contributed by atoms with Crippen LogP contribution in [0.15, 0.2) is 53.6 Å². The molecule has 0 spiro atoms. The van der Waals surface area contributed by atoms with Crippen molar-refractivity contribution in [3.8, 4) is 0 Å². The van der Waals surface area contributed by atoms with E-state index < -0.39 is 0 Å². The fraction of sp³-hybridized carbons (Fsp3) is 0.333. The first kappa shape index (κ1) is 14.2. The van der Waals surface area contributed by atoms with Gasteiger partial charge < -0.3 is 9.55 Å². The third-order valence-electron chi connectivity index (χ3n) is 4.64. The lowest BCUT2D eigenvalue weighted by Gasteiger charge is -2.32. The number of aromatic amines is 1. The van der Waals surface area contributed by atoms with Crippen LogP contribution in [0.2, 0.25) is 0 Å². The molecular weight excluding hydrogens is 288 g/mol. The minimum Gasteiger partial charge on any atom is -0.351 e. The van der Waals surface area contributed by atoms with Gasteiger partial charge in [0.15, 0.2) is 0 Å². The molecule has 0 saturated carbocycles. The minimum absolute atomic E-state index is 0.0483. The SMILES string of the molecule is O=c1[nH]c(CN2CCC(n3cccc3)CC2)nc2ccccc12. The lowest BCUT2D eigenvalue weighted by atomic mass is 10.0. The molecule has 2 aromatic heterocycles. The molecule has 1 aliphatic rings. The maximum absolute atomic E-state index is 12.1. The number of nitrogens with one attached hydrogen (secondary N) is 1. The summed E-state index contributed by atoms with van der Waals surface area (Å²) < 4.78 is 2.30. The third-order valence-corrected chi connectivity index (χ3v) is 4.64. The molecule has 23 heavy (non-hydrogen) atoms. The minimum atomic E-state index is -0.0483. The maximum Gasteiger partial charge on any atom is 0.258 e. The van der Waals surface area contributed by atoms with Crippen molar-refractivity contribution < 1.29 is 0 Å². The van der Waals surface area contributed by atoms with Gasteiger partial charge in [-0.05, 0) is 37.1 Å². The topological polar surface area (TPSA) is 53.9 Å². The van der Waals surface area contributed by atoms with Crippen LogP contribution in [0, 0.1) is 0 Å². The summed E-state index contributed by atoms with van der Waals surface area (Å²) in [6.45, 7) is 2.76. The van der Waals surface area contributed by atoms with Gasteiger partial charge in [-0.2, -0.15) is 0 Å². The van der Waals surface area contributed by atoms with Crippen LogP contribution < -0.4 is 5.56 Å². The second-order valence-electron chi connectivity index (χ2n) is 6.17. The van der Waals surface area contributed by atoms with E-state index in [2.05, 4.69) is 44.0 Å². The summed E-state index contributed by atoms with van der Waals surface area (Å²) >= 11 is 0. The lowest BCUT2D eigenvalue weighted by molar-refractivity contribution is 0.176. The first-order valence-electron chi connectivity index (χ1n) is 8.12. The van der Waals surface area contributed by atoms with Crippen LogP contribution in [0.5, 0.6) is 0 Å². The molecule has 5 heteroatoms. The summed E-state index contributed by atoms with van der Waals surface area (Å²) in [5.41, 5.74) is 0.723. The second kappa shape index (κ2) is 6.01. The molecular formula is C18H20N4O. The van der Waals surface area contributed by atoms with Crippen molar-refractivity contribution in [3.63, 3.8) is 0 Å². The zero-order chi connectivity index (χ0) is 15.6. The number of nitrogens with zero attached hydrogens (tertiary/aromatic N) is 3. The Kier molecular flexibility index (Phi) is 3.71. The Balaban J connectivity index is 1.46. The monoisotopic (exact) mass is 308 g/mol. The summed E-state index contributed by atoms with van der Waals surface area (Å²) in [4.78, 5) is 22.0. The zero-order valence-electron chi connectivity index (χ0n) is 13.0. The molecule has 0 aliphatic carbocycles. The van der Waals surface area contributed by atoms with Crippen LogP contribution in [0.25, 0.3) is 10.9 Å². The summed E-state index contributed by atoms with van der Waals surface area (Å²) in [5, 5.41) is 0.655. The Morgan fingerprint density at radius 3 is 2.61 bits per heavy atom. The Labute approximate surface area is 134 Å². The highest BCUT2D eigenvalue weighted by Crippen LogP contribution is 2.23. The lowest BCUT2D eigenvalue weighted by Crippen LogP contribution is -2.35. The van der Waals surface area contributed by atoms with Crippen LogP contribution in [0.3, 0.4) is 0 Å². The number of rotatable bonds is 3. The number of para-hydroxylation sites is 1. The first-order chi connectivity index (χ1) is 11.3. The van der Waals surface area contributed by atoms with Gasteiger partial charge in [0.25, 0.3) is 5.56 Å². The van der Waals surface area contributed by atoms with Crippen LogP contribution in [-0.2, 0) is 6.54 Å². The van der Waals surface area contributed by atoms with E-state index in [0.29, 0.717) is 18.0 Å². The van der Waals surface area contributed by atoms with E-state index in [1.165, 1.54) is 0 Å². The highest BCUT2D eigenvalue weighted by atomic mass is 16.1. The third kappa shape index (κ3) is 2.92. The van der Waals surface area contributed by atoms with E-state index in [4.69, 9.17) is 0 Å². The molecule has 5 nitrogen and oxygen atoms in total. The number of fused-ring (bicyclic) bond motifs is 1. The van der Waals surface area contributed by atoms with Crippen molar-refractivity contribution in [2.24, 2.45) is 0 Å². The number of hydrogen-bond acceptors (Lipinski definition) is 3. The van der Waals surface area contributed by atoms with E-state index in [-0.39, 0.29) is 5.56 Å². The molecule has 0 amide bonds. The van der Waals surface area contributed by atoms with Crippen LogP contribution in [-0.4, -0.2) is 32.5 Å². The summed E-state index contributed by atoms with van der Waals surface area (Å²) in [6.07, 6.45) is 6.55. The summed E-state index contributed by atoms with van der Waals surface area (Å²) in [5.74, 6) is 0.758. The zero-order valence-corrected chi connectivity index (χ0v) is 13.0. The average Bonchev–Trinajstić information content (AvgIpc) is 3.10. The summed E-state index contributed by atoms with van der Waals surface area (Å²) in [6, 6.07) is 12.2. The standard InChI is InChI=1S/C18H20N4O/c23-18-15-5-1-2-6-16(15)19-17(20-18)13-21-11-7-14(8-12-21)22-9-3-4-10-22/h1-6,9-10,14H,7-8,11-13H2,(H,19,20,23). The van der Waals surface area contributed by atoms with Gasteiger partial charge >= 0.3 is 0 Å². The van der Waals surface area contributed by atoms with Crippen LogP contribution in [0.1, 0.15) is 24.7 Å². The van der Waals surface area contributed by atoms with Gasteiger partial charge in [0.05, 0.1) is 17.4 Å². The van der Waals surface area contributed by atoms with Gasteiger partial charge in [-0.1, -0.05) is 12.1 Å². The molecule has 118 valence electrons. The van der Waals surface area contributed by atoms with E-state index in [1.54, 1.807) is 0 Å². The molecule has 1 fully saturated rings. The normalized spacial score (nSPS) is 16.9. The highest BCUT2D eigenvalue weighted by molar-refractivity contribution is 5.77.